The summed E-state index contributed by atoms with van der Waals surface area (Å²) in [5.41, 5.74) is 1.03. The van der Waals surface area contributed by atoms with Gasteiger partial charge in [0.05, 0.1) is 10.6 Å². The summed E-state index contributed by atoms with van der Waals surface area (Å²) in [6, 6.07) is 12.4. The molecule has 3 nitrogen and oxygen atoms in total. The second kappa shape index (κ2) is 5.32. The van der Waals surface area contributed by atoms with Crippen LogP contribution >= 0.6 is 35.3 Å². The Kier molecular flexibility index (Phi) is 3.54. The first-order chi connectivity index (χ1) is 9.29. The fraction of sp³-hybridized carbons (Fsp3) is 0.0769. The van der Waals surface area contributed by atoms with Crippen molar-refractivity contribution in [2.45, 2.75) is 4.90 Å². The highest BCUT2D eigenvalue weighted by atomic mass is 32.2. The Bertz CT molecular complexity index is 723. The topological polar surface area (TPSA) is 33.6 Å². The second-order valence-electron chi connectivity index (χ2n) is 3.86. The number of benzene rings is 1. The minimum Gasteiger partial charge on any atom is -0.267 e. The van der Waals surface area contributed by atoms with Gasteiger partial charge < -0.3 is 0 Å². The van der Waals surface area contributed by atoms with Gasteiger partial charge in [-0.1, -0.05) is 6.07 Å². The monoisotopic (exact) mass is 305 g/mol. The molecule has 0 bridgehead atoms. The van der Waals surface area contributed by atoms with E-state index in [4.69, 9.17) is 12.2 Å². The third-order valence-corrected chi connectivity index (χ3v) is 4.63. The second-order valence-corrected chi connectivity index (χ2v) is 6.08. The maximum Gasteiger partial charge on any atom is 0.200 e. The van der Waals surface area contributed by atoms with Gasteiger partial charge in [0.1, 0.15) is 0 Å². The molecule has 0 radical (unpaired) electrons. The van der Waals surface area contributed by atoms with Crippen LogP contribution in [-0.2, 0) is 0 Å². The number of thiophene rings is 1. The SMILES string of the molecule is CSc1ccc(-n2c(-c3cccs3)n[nH]c2=S)cc1. The van der Waals surface area contributed by atoms with Crippen molar-refractivity contribution in [2.75, 3.05) is 6.26 Å². The van der Waals surface area contributed by atoms with Crippen LogP contribution in [0.2, 0.25) is 0 Å². The van der Waals surface area contributed by atoms with Gasteiger partial charge in [0.2, 0.25) is 0 Å². The first-order valence-corrected chi connectivity index (χ1v) is 8.16. The van der Waals surface area contributed by atoms with Crippen LogP contribution in [0.1, 0.15) is 0 Å². The summed E-state index contributed by atoms with van der Waals surface area (Å²) in [6.45, 7) is 0. The van der Waals surface area contributed by atoms with Gasteiger partial charge >= 0.3 is 0 Å². The number of nitrogens with zero attached hydrogens (tertiary/aromatic N) is 2. The molecule has 2 aromatic heterocycles. The quantitative estimate of drug-likeness (QED) is 0.576. The molecule has 0 saturated carbocycles. The predicted molar refractivity (Wildman–Crippen MR) is 83.8 cm³/mol. The van der Waals surface area contributed by atoms with Crippen molar-refractivity contribution in [3.05, 3.63) is 46.5 Å². The molecule has 3 rings (SSSR count). The van der Waals surface area contributed by atoms with Crippen LogP contribution in [0.25, 0.3) is 16.4 Å². The van der Waals surface area contributed by atoms with E-state index in [-0.39, 0.29) is 0 Å². The van der Waals surface area contributed by atoms with E-state index in [2.05, 4.69) is 40.7 Å². The number of nitrogens with one attached hydrogen (secondary N) is 1. The van der Waals surface area contributed by atoms with Gasteiger partial charge in [0, 0.05) is 4.90 Å². The van der Waals surface area contributed by atoms with Crippen molar-refractivity contribution in [3.8, 4) is 16.4 Å². The van der Waals surface area contributed by atoms with E-state index in [9.17, 15) is 0 Å². The van der Waals surface area contributed by atoms with Gasteiger partial charge in [-0.15, -0.1) is 23.1 Å². The molecule has 0 amide bonds. The van der Waals surface area contributed by atoms with Gasteiger partial charge in [0.25, 0.3) is 0 Å². The van der Waals surface area contributed by atoms with Gasteiger partial charge in [-0.3, -0.25) is 9.67 Å². The first-order valence-electron chi connectivity index (χ1n) is 5.65. The number of hydrogen-bond acceptors (Lipinski definition) is 4. The minimum absolute atomic E-state index is 0.611. The number of aromatic nitrogens is 3. The molecule has 6 heteroatoms. The van der Waals surface area contributed by atoms with E-state index >= 15 is 0 Å². The molecule has 19 heavy (non-hydrogen) atoms. The van der Waals surface area contributed by atoms with E-state index in [1.165, 1.54) is 4.90 Å². The summed E-state index contributed by atoms with van der Waals surface area (Å²) in [5, 5.41) is 9.23. The molecule has 0 spiro atoms. The summed E-state index contributed by atoms with van der Waals surface area (Å²) in [6.07, 6.45) is 2.07. The third-order valence-electron chi connectivity index (χ3n) is 2.74. The van der Waals surface area contributed by atoms with Crippen molar-refractivity contribution < 1.29 is 0 Å². The summed E-state index contributed by atoms with van der Waals surface area (Å²) in [5.74, 6) is 0.858. The number of hydrogen-bond donors (Lipinski definition) is 1. The lowest BCUT2D eigenvalue weighted by Gasteiger charge is -2.06. The molecule has 0 aliphatic carbocycles. The molecule has 1 N–H and O–H groups in total. The molecule has 0 aliphatic rings. The maximum absolute atomic E-state index is 5.33. The number of H-pyrrole nitrogens is 1. The normalized spacial score (nSPS) is 10.8. The fourth-order valence-corrected chi connectivity index (χ4v) is 3.19. The summed E-state index contributed by atoms with van der Waals surface area (Å²) >= 11 is 8.71. The molecule has 1 aromatic carbocycles. The molecule has 0 fully saturated rings. The highest BCUT2D eigenvalue weighted by Crippen LogP contribution is 2.26. The average Bonchev–Trinajstić information content (AvgIpc) is 3.08. The molecule has 0 unspecified atom stereocenters. The Labute approximate surface area is 124 Å². The van der Waals surface area contributed by atoms with E-state index in [0.29, 0.717) is 4.77 Å². The van der Waals surface area contributed by atoms with Crippen LogP contribution in [0.3, 0.4) is 0 Å². The maximum atomic E-state index is 5.33. The zero-order valence-corrected chi connectivity index (χ0v) is 12.6. The fourth-order valence-electron chi connectivity index (χ4n) is 1.84. The first kappa shape index (κ1) is 12.7. The Hall–Kier alpha value is -1.37. The van der Waals surface area contributed by atoms with E-state index in [1.54, 1.807) is 23.1 Å². The van der Waals surface area contributed by atoms with Crippen molar-refractivity contribution in [1.82, 2.24) is 14.8 Å². The smallest absolute Gasteiger partial charge is 0.200 e. The van der Waals surface area contributed by atoms with Crippen LogP contribution in [-0.4, -0.2) is 21.0 Å². The van der Waals surface area contributed by atoms with Gasteiger partial charge in [0.15, 0.2) is 10.6 Å². The highest BCUT2D eigenvalue weighted by Gasteiger charge is 2.11. The lowest BCUT2D eigenvalue weighted by Crippen LogP contribution is -1.96. The standard InChI is InChI=1S/C13H11N3S3/c1-18-10-6-4-9(5-7-10)16-12(14-15-13(16)17)11-3-2-8-19-11/h2-8H,1H3,(H,15,17). The van der Waals surface area contributed by atoms with Gasteiger partial charge in [-0.2, -0.15) is 5.10 Å². The van der Waals surface area contributed by atoms with Crippen molar-refractivity contribution in [2.24, 2.45) is 0 Å². The Balaban J connectivity index is 2.14. The Morgan fingerprint density at radius 1 is 1.26 bits per heavy atom. The minimum atomic E-state index is 0.611. The van der Waals surface area contributed by atoms with Gasteiger partial charge in [-0.05, 0) is 54.2 Å². The van der Waals surface area contributed by atoms with E-state index < -0.39 is 0 Å². The zero-order valence-electron chi connectivity index (χ0n) is 10.2. The molecule has 2 heterocycles. The third kappa shape index (κ3) is 2.39. The lowest BCUT2D eigenvalue weighted by atomic mass is 10.3. The van der Waals surface area contributed by atoms with E-state index in [0.717, 1.165) is 16.4 Å². The molecule has 3 aromatic rings. The molecule has 0 atom stereocenters. The Morgan fingerprint density at radius 2 is 2.05 bits per heavy atom. The average molecular weight is 305 g/mol. The van der Waals surface area contributed by atoms with Crippen LogP contribution in [0.5, 0.6) is 0 Å². The van der Waals surface area contributed by atoms with E-state index in [1.807, 2.05) is 22.1 Å². The zero-order chi connectivity index (χ0) is 13.2. The van der Waals surface area contributed by atoms with Crippen LogP contribution < -0.4 is 0 Å². The van der Waals surface area contributed by atoms with Gasteiger partial charge in [-0.25, -0.2) is 0 Å². The van der Waals surface area contributed by atoms with Crippen molar-refractivity contribution in [3.63, 3.8) is 0 Å². The number of rotatable bonds is 3. The summed E-state index contributed by atoms with van der Waals surface area (Å²) in [4.78, 5) is 2.33. The summed E-state index contributed by atoms with van der Waals surface area (Å²) < 4.78 is 2.57. The largest absolute Gasteiger partial charge is 0.267 e. The summed E-state index contributed by atoms with van der Waals surface area (Å²) in [7, 11) is 0. The molecule has 0 saturated heterocycles. The van der Waals surface area contributed by atoms with Crippen molar-refractivity contribution in [1.29, 1.82) is 0 Å². The van der Waals surface area contributed by atoms with Crippen LogP contribution in [0.4, 0.5) is 0 Å². The molecular weight excluding hydrogens is 294 g/mol. The van der Waals surface area contributed by atoms with Crippen LogP contribution in [0, 0.1) is 4.77 Å². The molecule has 96 valence electrons. The number of thioether (sulfide) groups is 1. The van der Waals surface area contributed by atoms with Crippen molar-refractivity contribution >= 4 is 35.3 Å². The predicted octanol–water partition coefficient (Wildman–Crippen LogP) is 4.38. The molecular formula is C13H11N3S3. The molecule has 0 aliphatic heterocycles. The number of aromatic amines is 1. The lowest BCUT2D eigenvalue weighted by molar-refractivity contribution is 1.03. The highest BCUT2D eigenvalue weighted by molar-refractivity contribution is 7.98. The Morgan fingerprint density at radius 3 is 2.68 bits per heavy atom. The van der Waals surface area contributed by atoms with Crippen LogP contribution in [0.15, 0.2) is 46.7 Å².